The summed E-state index contributed by atoms with van der Waals surface area (Å²) >= 11 is 0. The number of rotatable bonds is 9. The van der Waals surface area contributed by atoms with Gasteiger partial charge in [0.15, 0.2) is 0 Å². The van der Waals surface area contributed by atoms with Gasteiger partial charge in [0, 0.05) is 18.7 Å². The molecule has 0 bridgehead atoms. The number of carbonyl (C=O) groups excluding carboxylic acids is 2. The molecule has 3 aromatic carbocycles. The summed E-state index contributed by atoms with van der Waals surface area (Å²) in [6.45, 7) is 7.67. The summed E-state index contributed by atoms with van der Waals surface area (Å²) in [4.78, 5) is 29.9. The Bertz CT molecular complexity index is 1320. The van der Waals surface area contributed by atoms with E-state index in [1.807, 2.05) is 68.4 Å². The maximum atomic E-state index is 13.2. The molecular formula is C32H36N2O4. The maximum absolute atomic E-state index is 13.2. The number of carbonyl (C=O) groups is 2. The van der Waals surface area contributed by atoms with Crippen molar-refractivity contribution < 1.29 is 19.4 Å². The molecule has 3 aromatic rings. The van der Waals surface area contributed by atoms with Crippen LogP contribution in [0.5, 0.6) is 5.75 Å². The summed E-state index contributed by atoms with van der Waals surface area (Å²) in [5.41, 5.74) is 4.77. The number of amides is 1. The lowest BCUT2D eigenvalue weighted by Gasteiger charge is -2.27. The van der Waals surface area contributed by atoms with Gasteiger partial charge in [0.05, 0.1) is 11.6 Å². The van der Waals surface area contributed by atoms with Crippen LogP contribution in [-0.4, -0.2) is 53.8 Å². The SMILES string of the molecule is Cc1cccc(COc2ccc(/C(O)=C3/C(=O)C(=O)N(CCN(C)C)C3c3ccc(C(C)C)cc3)cc2)c1. The molecule has 1 atom stereocenters. The number of hydrogen-bond acceptors (Lipinski definition) is 5. The van der Waals surface area contributed by atoms with Gasteiger partial charge in [-0.1, -0.05) is 67.9 Å². The number of aliphatic hydroxyl groups is 1. The van der Waals surface area contributed by atoms with E-state index in [0.717, 1.165) is 11.1 Å². The Morgan fingerprint density at radius 3 is 2.29 bits per heavy atom. The van der Waals surface area contributed by atoms with Gasteiger partial charge < -0.3 is 19.6 Å². The molecule has 1 fully saturated rings. The van der Waals surface area contributed by atoms with Gasteiger partial charge in [0.1, 0.15) is 18.1 Å². The van der Waals surface area contributed by atoms with Crippen molar-refractivity contribution in [2.75, 3.05) is 27.2 Å². The van der Waals surface area contributed by atoms with Crippen LogP contribution in [0.25, 0.3) is 5.76 Å². The summed E-state index contributed by atoms with van der Waals surface area (Å²) in [5, 5.41) is 11.3. The summed E-state index contributed by atoms with van der Waals surface area (Å²) in [6, 6.07) is 22.4. The Kier molecular flexibility index (Phi) is 8.32. The van der Waals surface area contributed by atoms with Crippen molar-refractivity contribution in [2.24, 2.45) is 0 Å². The topological polar surface area (TPSA) is 70.1 Å². The van der Waals surface area contributed by atoms with Crippen LogP contribution in [0.1, 0.15) is 53.6 Å². The number of hydrogen-bond donors (Lipinski definition) is 1. The van der Waals surface area contributed by atoms with Crippen LogP contribution in [0.15, 0.2) is 78.4 Å². The zero-order valence-electron chi connectivity index (χ0n) is 22.8. The average molecular weight is 513 g/mol. The van der Waals surface area contributed by atoms with Gasteiger partial charge in [0.25, 0.3) is 11.7 Å². The molecule has 1 saturated heterocycles. The van der Waals surface area contributed by atoms with Gasteiger partial charge >= 0.3 is 0 Å². The van der Waals surface area contributed by atoms with E-state index < -0.39 is 17.7 Å². The molecule has 1 aliphatic heterocycles. The number of aliphatic hydroxyl groups excluding tert-OH is 1. The number of ether oxygens (including phenoxy) is 1. The predicted molar refractivity (Wildman–Crippen MR) is 150 cm³/mol. The van der Waals surface area contributed by atoms with Crippen LogP contribution in [0, 0.1) is 6.92 Å². The Morgan fingerprint density at radius 1 is 1.00 bits per heavy atom. The Morgan fingerprint density at radius 2 is 1.68 bits per heavy atom. The van der Waals surface area contributed by atoms with E-state index in [4.69, 9.17) is 4.74 Å². The lowest BCUT2D eigenvalue weighted by Crippen LogP contribution is -2.35. The van der Waals surface area contributed by atoms with Crippen molar-refractivity contribution >= 4 is 17.4 Å². The normalized spacial score (nSPS) is 17.0. The van der Waals surface area contributed by atoms with Crippen LogP contribution in [-0.2, 0) is 16.2 Å². The van der Waals surface area contributed by atoms with Crippen molar-refractivity contribution in [3.63, 3.8) is 0 Å². The zero-order chi connectivity index (χ0) is 27.4. The standard InChI is InChI=1S/C32H36N2O4/c1-21(2)24-9-11-25(12-10-24)29-28(31(36)32(37)34(29)18-17-33(4)5)30(35)26-13-15-27(16-14-26)38-20-23-8-6-7-22(3)19-23/h6-16,19,21,29,35H,17-18,20H2,1-5H3/b30-28-. The van der Waals surface area contributed by atoms with Gasteiger partial charge in [-0.3, -0.25) is 9.59 Å². The predicted octanol–water partition coefficient (Wildman–Crippen LogP) is 5.68. The first-order chi connectivity index (χ1) is 18.2. The number of benzene rings is 3. The van der Waals surface area contributed by atoms with E-state index in [0.29, 0.717) is 36.9 Å². The molecule has 1 amide bonds. The molecule has 198 valence electrons. The van der Waals surface area contributed by atoms with Crippen molar-refractivity contribution in [1.29, 1.82) is 0 Å². The van der Waals surface area contributed by atoms with Crippen molar-refractivity contribution in [3.05, 3.63) is 106 Å². The van der Waals surface area contributed by atoms with Gasteiger partial charge in [-0.25, -0.2) is 0 Å². The average Bonchev–Trinajstić information content (AvgIpc) is 3.15. The smallest absolute Gasteiger partial charge is 0.295 e. The number of nitrogens with zero attached hydrogens (tertiary/aromatic N) is 2. The third-order valence-corrected chi connectivity index (χ3v) is 6.86. The molecule has 0 aliphatic carbocycles. The summed E-state index contributed by atoms with van der Waals surface area (Å²) in [5.74, 6) is -0.437. The van der Waals surface area contributed by atoms with Crippen molar-refractivity contribution in [2.45, 2.75) is 39.3 Å². The summed E-state index contributed by atoms with van der Waals surface area (Å²) in [6.07, 6.45) is 0. The van der Waals surface area contributed by atoms with Gasteiger partial charge in [-0.2, -0.15) is 0 Å². The minimum absolute atomic E-state index is 0.111. The van der Waals surface area contributed by atoms with E-state index >= 15 is 0 Å². The summed E-state index contributed by atoms with van der Waals surface area (Å²) < 4.78 is 5.91. The Balaban J connectivity index is 1.65. The summed E-state index contributed by atoms with van der Waals surface area (Å²) in [7, 11) is 3.84. The lowest BCUT2D eigenvalue weighted by atomic mass is 9.93. The lowest BCUT2D eigenvalue weighted by molar-refractivity contribution is -0.140. The molecule has 1 N–H and O–H groups in total. The molecule has 1 unspecified atom stereocenters. The molecule has 0 aromatic heterocycles. The maximum Gasteiger partial charge on any atom is 0.295 e. The molecule has 1 aliphatic rings. The molecule has 1 heterocycles. The quantitative estimate of drug-likeness (QED) is 0.227. The number of ketones is 1. The number of likely N-dealkylation sites (tertiary alicyclic amines) is 1. The molecule has 4 rings (SSSR count). The van der Waals surface area contributed by atoms with Gasteiger partial charge in [-0.05, 0) is 67.9 Å². The third kappa shape index (κ3) is 5.97. The first kappa shape index (κ1) is 27.1. The molecule has 38 heavy (non-hydrogen) atoms. The highest BCUT2D eigenvalue weighted by molar-refractivity contribution is 6.46. The molecular weight excluding hydrogens is 476 g/mol. The number of likely N-dealkylation sites (N-methyl/N-ethyl adjacent to an activating group) is 1. The van der Waals surface area contributed by atoms with Gasteiger partial charge in [0.2, 0.25) is 0 Å². The molecule has 0 radical (unpaired) electrons. The fraction of sp³-hybridized carbons (Fsp3) is 0.312. The van der Waals surface area contributed by atoms with E-state index in [-0.39, 0.29) is 11.3 Å². The highest BCUT2D eigenvalue weighted by Gasteiger charge is 2.45. The first-order valence-corrected chi connectivity index (χ1v) is 13.0. The van der Waals surface area contributed by atoms with E-state index in [9.17, 15) is 14.7 Å². The second-order valence-electron chi connectivity index (χ2n) is 10.4. The van der Waals surface area contributed by atoms with Crippen molar-refractivity contribution in [1.82, 2.24) is 9.80 Å². The monoisotopic (exact) mass is 512 g/mol. The van der Waals surface area contributed by atoms with Crippen LogP contribution in [0.2, 0.25) is 0 Å². The Hall–Kier alpha value is -3.90. The van der Waals surface area contributed by atoms with Gasteiger partial charge in [-0.15, -0.1) is 0 Å². The van der Waals surface area contributed by atoms with E-state index in [1.165, 1.54) is 11.1 Å². The molecule has 0 spiro atoms. The second kappa shape index (κ2) is 11.7. The highest BCUT2D eigenvalue weighted by atomic mass is 16.5. The fourth-order valence-electron chi connectivity index (χ4n) is 4.66. The van der Waals surface area contributed by atoms with E-state index in [1.54, 1.807) is 29.2 Å². The van der Waals surface area contributed by atoms with Crippen LogP contribution >= 0.6 is 0 Å². The minimum Gasteiger partial charge on any atom is -0.507 e. The second-order valence-corrected chi connectivity index (χ2v) is 10.4. The minimum atomic E-state index is -0.668. The van der Waals surface area contributed by atoms with Crippen molar-refractivity contribution in [3.8, 4) is 5.75 Å². The molecule has 0 saturated carbocycles. The third-order valence-electron chi connectivity index (χ3n) is 6.86. The first-order valence-electron chi connectivity index (χ1n) is 13.0. The molecule has 6 heteroatoms. The molecule has 6 nitrogen and oxygen atoms in total. The Labute approximate surface area is 225 Å². The largest absolute Gasteiger partial charge is 0.507 e. The highest BCUT2D eigenvalue weighted by Crippen LogP contribution is 2.39. The van der Waals surface area contributed by atoms with Crippen LogP contribution in [0.3, 0.4) is 0 Å². The number of Topliss-reactive ketones (excluding diaryl/α,β-unsaturated/α-hetero) is 1. The van der Waals surface area contributed by atoms with Crippen LogP contribution < -0.4 is 4.74 Å². The zero-order valence-corrected chi connectivity index (χ0v) is 22.8. The van der Waals surface area contributed by atoms with E-state index in [2.05, 4.69) is 19.9 Å². The number of aryl methyl sites for hydroxylation is 1. The fourth-order valence-corrected chi connectivity index (χ4v) is 4.66. The van der Waals surface area contributed by atoms with Crippen LogP contribution in [0.4, 0.5) is 0 Å².